The zero-order valence-electron chi connectivity index (χ0n) is 32.3. The lowest BCUT2D eigenvalue weighted by Crippen LogP contribution is -2.04. The van der Waals surface area contributed by atoms with Gasteiger partial charge in [-0.25, -0.2) is 15.0 Å². The Balaban J connectivity index is 1.17. The van der Waals surface area contributed by atoms with Crippen molar-refractivity contribution in [3.05, 3.63) is 206 Å². The van der Waals surface area contributed by atoms with Gasteiger partial charge in [-0.3, -0.25) is 0 Å². The molecular weight excluding hydrogens is 733 g/mol. The van der Waals surface area contributed by atoms with E-state index in [1.165, 1.54) is 21.5 Å². The molecule has 0 bridgehead atoms. The lowest BCUT2D eigenvalue weighted by Gasteiger charge is -2.16. The largest absolute Gasteiger partial charge is 0.456 e. The molecule has 12 rings (SSSR count). The zero-order valence-corrected chi connectivity index (χ0v) is 32.3. The molecule has 60 heavy (non-hydrogen) atoms. The Hall–Kier alpha value is -8.15. The predicted octanol–water partition coefficient (Wildman–Crippen LogP) is 14.4. The summed E-state index contributed by atoms with van der Waals surface area (Å²) in [7, 11) is 0. The fourth-order valence-electron chi connectivity index (χ4n) is 8.79. The van der Waals surface area contributed by atoms with Crippen molar-refractivity contribution in [3.8, 4) is 62.1 Å². The first-order valence-corrected chi connectivity index (χ1v) is 20.2. The second-order valence-electron chi connectivity index (χ2n) is 15.2. The molecule has 0 aliphatic carbocycles. The van der Waals surface area contributed by atoms with Gasteiger partial charge in [0.25, 0.3) is 0 Å². The van der Waals surface area contributed by atoms with Gasteiger partial charge in [-0.1, -0.05) is 164 Å². The SMILES string of the molecule is c1ccc(-c2ccc(-c3nc(-c4cccc(-c5ccccc5)c4)nc(-c4c(-n5c6ccccc6c6cc7ccccc7cc65)ccc5oc6ccccc6c45)n3)cc2)cc1. The van der Waals surface area contributed by atoms with Crippen LogP contribution in [0.1, 0.15) is 0 Å². The number of aromatic nitrogens is 4. The number of benzene rings is 9. The first kappa shape index (κ1) is 33.9. The van der Waals surface area contributed by atoms with E-state index in [9.17, 15) is 0 Å². The first-order valence-electron chi connectivity index (χ1n) is 20.2. The fraction of sp³-hybridized carbons (Fsp3) is 0. The van der Waals surface area contributed by atoms with Crippen LogP contribution >= 0.6 is 0 Å². The molecule has 0 unspecified atom stereocenters. The molecule has 0 atom stereocenters. The topological polar surface area (TPSA) is 56.7 Å². The van der Waals surface area contributed by atoms with Gasteiger partial charge in [-0.2, -0.15) is 0 Å². The Morgan fingerprint density at radius 3 is 1.68 bits per heavy atom. The Kier molecular flexibility index (Phi) is 7.78. The van der Waals surface area contributed by atoms with Gasteiger partial charge in [0.1, 0.15) is 11.2 Å². The third-order valence-electron chi connectivity index (χ3n) is 11.6. The molecule has 0 amide bonds. The Morgan fingerprint density at radius 2 is 0.900 bits per heavy atom. The molecule has 5 heteroatoms. The van der Waals surface area contributed by atoms with Crippen LogP contribution in [-0.4, -0.2) is 19.5 Å². The molecule has 0 N–H and O–H groups in total. The Labute approximate surface area is 345 Å². The van der Waals surface area contributed by atoms with Crippen LogP contribution in [0, 0.1) is 0 Å². The minimum absolute atomic E-state index is 0.561. The van der Waals surface area contributed by atoms with E-state index in [4.69, 9.17) is 19.4 Å². The molecule has 0 fully saturated rings. The predicted molar refractivity (Wildman–Crippen MR) is 246 cm³/mol. The quantitative estimate of drug-likeness (QED) is 0.169. The van der Waals surface area contributed by atoms with Crippen LogP contribution in [0.15, 0.2) is 211 Å². The Morgan fingerprint density at radius 1 is 0.333 bits per heavy atom. The summed E-state index contributed by atoms with van der Waals surface area (Å²) < 4.78 is 8.97. The molecule has 0 aliphatic heterocycles. The summed E-state index contributed by atoms with van der Waals surface area (Å²) in [6.45, 7) is 0. The van der Waals surface area contributed by atoms with Crippen LogP contribution < -0.4 is 0 Å². The monoisotopic (exact) mass is 766 g/mol. The van der Waals surface area contributed by atoms with Crippen LogP contribution in [0.25, 0.3) is 117 Å². The highest BCUT2D eigenvalue weighted by atomic mass is 16.3. The van der Waals surface area contributed by atoms with Crippen molar-refractivity contribution in [2.75, 3.05) is 0 Å². The van der Waals surface area contributed by atoms with E-state index in [1.807, 2.05) is 24.3 Å². The molecule has 5 nitrogen and oxygen atoms in total. The van der Waals surface area contributed by atoms with Crippen molar-refractivity contribution >= 4 is 54.5 Å². The summed E-state index contributed by atoms with van der Waals surface area (Å²) in [6.07, 6.45) is 0. The van der Waals surface area contributed by atoms with E-state index in [2.05, 4.69) is 187 Å². The molecule has 0 saturated heterocycles. The van der Waals surface area contributed by atoms with Gasteiger partial charge >= 0.3 is 0 Å². The van der Waals surface area contributed by atoms with Gasteiger partial charge in [0.05, 0.1) is 22.3 Å². The number of hydrogen-bond donors (Lipinski definition) is 0. The van der Waals surface area contributed by atoms with Crippen LogP contribution in [-0.2, 0) is 0 Å². The summed E-state index contributed by atoms with van der Waals surface area (Å²) in [5.74, 6) is 1.73. The number of rotatable bonds is 6. The summed E-state index contributed by atoms with van der Waals surface area (Å²) in [6, 6.07) is 72.1. The molecule has 280 valence electrons. The van der Waals surface area contributed by atoms with E-state index >= 15 is 0 Å². The summed E-state index contributed by atoms with van der Waals surface area (Å²) >= 11 is 0. The van der Waals surface area contributed by atoms with Crippen molar-refractivity contribution in [3.63, 3.8) is 0 Å². The Bertz CT molecular complexity index is 3590. The molecule has 0 saturated carbocycles. The number of fused-ring (bicyclic) bond motifs is 7. The molecule has 9 aromatic carbocycles. The second-order valence-corrected chi connectivity index (χ2v) is 15.2. The lowest BCUT2D eigenvalue weighted by atomic mass is 10.0. The number of nitrogens with zero attached hydrogens (tertiary/aromatic N) is 4. The van der Waals surface area contributed by atoms with Crippen molar-refractivity contribution in [2.45, 2.75) is 0 Å². The molecule has 0 aliphatic rings. The van der Waals surface area contributed by atoms with Gasteiger partial charge in [0, 0.05) is 32.7 Å². The number of hydrogen-bond acceptors (Lipinski definition) is 4. The summed E-state index contributed by atoms with van der Waals surface area (Å²) in [5, 5.41) is 6.68. The minimum Gasteiger partial charge on any atom is -0.456 e. The molecular formula is C55H34N4O. The third kappa shape index (κ3) is 5.59. The van der Waals surface area contributed by atoms with Crippen molar-refractivity contribution < 1.29 is 4.42 Å². The summed E-state index contributed by atoms with van der Waals surface area (Å²) in [5.41, 5.74) is 11.9. The normalized spacial score (nSPS) is 11.7. The average molecular weight is 767 g/mol. The molecule has 0 spiro atoms. The molecule has 0 radical (unpaired) electrons. The first-order chi connectivity index (χ1) is 29.7. The van der Waals surface area contributed by atoms with Gasteiger partial charge in [-0.15, -0.1) is 0 Å². The van der Waals surface area contributed by atoms with E-state index in [0.717, 1.165) is 77.6 Å². The number of furan rings is 1. The highest BCUT2D eigenvalue weighted by molar-refractivity contribution is 6.17. The zero-order chi connectivity index (χ0) is 39.6. The van der Waals surface area contributed by atoms with E-state index in [-0.39, 0.29) is 0 Å². The van der Waals surface area contributed by atoms with Gasteiger partial charge < -0.3 is 8.98 Å². The van der Waals surface area contributed by atoms with Gasteiger partial charge in [0.2, 0.25) is 0 Å². The average Bonchev–Trinajstić information content (AvgIpc) is 3.86. The maximum Gasteiger partial charge on any atom is 0.166 e. The molecule has 3 heterocycles. The van der Waals surface area contributed by atoms with Crippen molar-refractivity contribution in [1.82, 2.24) is 19.5 Å². The highest BCUT2D eigenvalue weighted by Crippen LogP contribution is 2.44. The minimum atomic E-state index is 0.561. The van der Waals surface area contributed by atoms with Crippen molar-refractivity contribution in [2.24, 2.45) is 0 Å². The van der Waals surface area contributed by atoms with E-state index in [1.54, 1.807) is 0 Å². The molecule has 12 aromatic rings. The van der Waals surface area contributed by atoms with Gasteiger partial charge in [-0.05, 0) is 75.5 Å². The standard InChI is InChI=1S/C55H34N4O/c1-3-14-35(15-4-1)37-26-28-38(29-27-37)53-56-54(42-21-13-20-39(32-42)36-16-5-2-6-17-36)58-55(57-53)52-47(30-31-50-51(52)44-23-10-12-25-49(44)60-50)59-46-24-11-9-22-43(46)45-33-40-18-7-8-19-41(40)34-48(45)59/h1-34H. The number of para-hydroxylation sites is 2. The van der Waals surface area contributed by atoms with Crippen molar-refractivity contribution in [1.29, 1.82) is 0 Å². The molecule has 3 aromatic heterocycles. The third-order valence-corrected chi connectivity index (χ3v) is 11.6. The maximum absolute atomic E-state index is 6.59. The van der Waals surface area contributed by atoms with Gasteiger partial charge in [0.15, 0.2) is 17.5 Å². The van der Waals surface area contributed by atoms with E-state index < -0.39 is 0 Å². The lowest BCUT2D eigenvalue weighted by molar-refractivity contribution is 0.669. The van der Waals surface area contributed by atoms with E-state index in [0.29, 0.717) is 17.5 Å². The second kappa shape index (κ2) is 13.8. The smallest absolute Gasteiger partial charge is 0.166 e. The van der Waals surface area contributed by atoms with Crippen LogP contribution in [0.3, 0.4) is 0 Å². The van der Waals surface area contributed by atoms with Crippen LogP contribution in [0.4, 0.5) is 0 Å². The fourth-order valence-corrected chi connectivity index (χ4v) is 8.79. The summed E-state index contributed by atoms with van der Waals surface area (Å²) in [4.78, 5) is 16.1. The van der Waals surface area contributed by atoms with Crippen LogP contribution in [0.5, 0.6) is 0 Å². The van der Waals surface area contributed by atoms with Crippen LogP contribution in [0.2, 0.25) is 0 Å². The maximum atomic E-state index is 6.59. The highest BCUT2D eigenvalue weighted by Gasteiger charge is 2.24.